The molecule has 1 unspecified atom stereocenters. The Morgan fingerprint density at radius 1 is 1.29 bits per heavy atom. The van der Waals surface area contributed by atoms with E-state index >= 15 is 0 Å². The predicted molar refractivity (Wildman–Crippen MR) is 109 cm³/mol. The number of carbonyl (C=O) groups excluding carboxylic acids is 1. The SMILES string of the molecule is Cl.NC(CCCCB(O)O)c1nnnn1CCC(=O)NCc1ccc(Cl)cc1. The number of nitrogens with two attached hydrogens (primary N) is 1. The summed E-state index contributed by atoms with van der Waals surface area (Å²) >= 11 is 5.83. The molecule has 1 amide bonds. The van der Waals surface area contributed by atoms with Gasteiger partial charge in [0, 0.05) is 18.0 Å². The van der Waals surface area contributed by atoms with Gasteiger partial charge < -0.3 is 21.1 Å². The zero-order valence-corrected chi connectivity index (χ0v) is 16.9. The molecular formula is C16H25BCl2N6O3. The van der Waals surface area contributed by atoms with Gasteiger partial charge in [-0.15, -0.1) is 17.5 Å². The molecule has 0 saturated heterocycles. The molecule has 5 N–H and O–H groups in total. The van der Waals surface area contributed by atoms with Gasteiger partial charge in [0.05, 0.1) is 12.6 Å². The molecule has 0 aliphatic heterocycles. The van der Waals surface area contributed by atoms with E-state index in [-0.39, 0.29) is 30.8 Å². The molecule has 0 bridgehead atoms. The summed E-state index contributed by atoms with van der Waals surface area (Å²) in [6.07, 6.45) is 2.55. The third-order valence-corrected chi connectivity index (χ3v) is 4.32. The van der Waals surface area contributed by atoms with E-state index in [1.807, 2.05) is 12.1 Å². The Morgan fingerprint density at radius 2 is 2.00 bits per heavy atom. The van der Waals surface area contributed by atoms with Crippen molar-refractivity contribution < 1.29 is 14.8 Å². The number of nitrogens with one attached hydrogen (secondary N) is 1. The second-order valence-corrected chi connectivity index (χ2v) is 6.72. The van der Waals surface area contributed by atoms with Crippen molar-refractivity contribution in [3.8, 4) is 0 Å². The Labute approximate surface area is 175 Å². The highest BCUT2D eigenvalue weighted by Crippen LogP contribution is 2.15. The van der Waals surface area contributed by atoms with Crippen molar-refractivity contribution in [3.05, 3.63) is 40.7 Å². The van der Waals surface area contributed by atoms with Crippen molar-refractivity contribution in [2.24, 2.45) is 5.73 Å². The second kappa shape index (κ2) is 12.7. The zero-order chi connectivity index (χ0) is 19.6. The van der Waals surface area contributed by atoms with Gasteiger partial charge in [0.15, 0.2) is 5.82 Å². The van der Waals surface area contributed by atoms with Crippen molar-refractivity contribution in [1.29, 1.82) is 0 Å². The fraction of sp³-hybridized carbons (Fsp3) is 0.500. The number of amides is 1. The summed E-state index contributed by atoms with van der Waals surface area (Å²) in [5.41, 5.74) is 7.07. The molecule has 1 aromatic carbocycles. The summed E-state index contributed by atoms with van der Waals surface area (Å²) in [4.78, 5) is 12.0. The maximum atomic E-state index is 12.0. The van der Waals surface area contributed by atoms with E-state index in [0.717, 1.165) is 12.0 Å². The molecule has 28 heavy (non-hydrogen) atoms. The summed E-state index contributed by atoms with van der Waals surface area (Å²) in [5, 5.41) is 32.6. The first-order valence-electron chi connectivity index (χ1n) is 8.84. The molecule has 0 aliphatic rings. The van der Waals surface area contributed by atoms with Crippen LogP contribution in [-0.4, -0.2) is 43.3 Å². The smallest absolute Gasteiger partial charge is 0.427 e. The lowest BCUT2D eigenvalue weighted by Crippen LogP contribution is -2.25. The number of benzene rings is 1. The summed E-state index contributed by atoms with van der Waals surface area (Å²) < 4.78 is 1.54. The maximum absolute atomic E-state index is 12.0. The van der Waals surface area contributed by atoms with E-state index in [1.165, 1.54) is 4.68 Å². The molecule has 1 aromatic heterocycles. The highest BCUT2D eigenvalue weighted by Gasteiger charge is 2.16. The van der Waals surface area contributed by atoms with Crippen LogP contribution in [0.25, 0.3) is 0 Å². The van der Waals surface area contributed by atoms with Crippen LogP contribution < -0.4 is 11.1 Å². The molecule has 0 saturated carbocycles. The van der Waals surface area contributed by atoms with Gasteiger partial charge in [-0.2, -0.15) is 0 Å². The molecule has 0 fully saturated rings. The molecule has 0 spiro atoms. The summed E-state index contributed by atoms with van der Waals surface area (Å²) in [6, 6.07) is 6.90. The van der Waals surface area contributed by atoms with Crippen LogP contribution in [0.4, 0.5) is 0 Å². The number of carbonyl (C=O) groups is 1. The molecule has 2 aromatic rings. The first-order valence-corrected chi connectivity index (χ1v) is 9.22. The van der Waals surface area contributed by atoms with Crippen LogP contribution in [0.3, 0.4) is 0 Å². The van der Waals surface area contributed by atoms with Gasteiger partial charge >= 0.3 is 7.12 Å². The lowest BCUT2D eigenvalue weighted by molar-refractivity contribution is -0.121. The summed E-state index contributed by atoms with van der Waals surface area (Å²) in [6.45, 7) is 0.756. The first-order chi connectivity index (χ1) is 13.0. The molecule has 9 nitrogen and oxygen atoms in total. The average molecular weight is 431 g/mol. The molecule has 0 aliphatic carbocycles. The van der Waals surface area contributed by atoms with E-state index in [0.29, 0.717) is 43.1 Å². The van der Waals surface area contributed by atoms with Gasteiger partial charge in [0.25, 0.3) is 0 Å². The van der Waals surface area contributed by atoms with E-state index in [2.05, 4.69) is 20.8 Å². The third kappa shape index (κ3) is 8.53. The minimum absolute atomic E-state index is 0. The largest absolute Gasteiger partial charge is 0.451 e. The number of aryl methyl sites for hydroxylation is 1. The van der Waals surface area contributed by atoms with E-state index in [9.17, 15) is 4.79 Å². The number of rotatable bonds is 11. The fourth-order valence-corrected chi connectivity index (χ4v) is 2.68. The van der Waals surface area contributed by atoms with Gasteiger partial charge in [-0.25, -0.2) is 4.68 Å². The second-order valence-electron chi connectivity index (χ2n) is 6.28. The topological polar surface area (TPSA) is 139 Å². The fourth-order valence-electron chi connectivity index (χ4n) is 2.56. The summed E-state index contributed by atoms with van der Waals surface area (Å²) in [5.74, 6) is 0.405. The lowest BCUT2D eigenvalue weighted by atomic mass is 9.83. The van der Waals surface area contributed by atoms with Crippen LogP contribution in [0.15, 0.2) is 24.3 Å². The number of halogens is 2. The van der Waals surface area contributed by atoms with Crippen LogP contribution in [-0.2, 0) is 17.9 Å². The van der Waals surface area contributed by atoms with Crippen LogP contribution in [0, 0.1) is 0 Å². The average Bonchev–Trinajstić information content (AvgIpc) is 3.11. The normalized spacial score (nSPS) is 11.6. The van der Waals surface area contributed by atoms with E-state index in [4.69, 9.17) is 27.4 Å². The minimum atomic E-state index is -1.29. The molecule has 1 atom stereocenters. The van der Waals surface area contributed by atoms with Crippen molar-refractivity contribution in [2.75, 3.05) is 0 Å². The number of unbranched alkanes of at least 4 members (excludes halogenated alkanes) is 1. The molecular weight excluding hydrogens is 406 g/mol. The van der Waals surface area contributed by atoms with Crippen LogP contribution in [0.2, 0.25) is 11.3 Å². The van der Waals surface area contributed by atoms with Crippen LogP contribution >= 0.6 is 24.0 Å². The first kappa shape index (κ1) is 24.3. The Hall–Kier alpha value is -1.72. The zero-order valence-electron chi connectivity index (χ0n) is 15.4. The number of hydrogen-bond acceptors (Lipinski definition) is 7. The number of tetrazole rings is 1. The van der Waals surface area contributed by atoms with E-state index in [1.54, 1.807) is 12.1 Å². The third-order valence-electron chi connectivity index (χ3n) is 4.07. The molecule has 0 radical (unpaired) electrons. The quantitative estimate of drug-likeness (QED) is 0.309. The Morgan fingerprint density at radius 3 is 2.68 bits per heavy atom. The number of aromatic nitrogens is 4. The van der Waals surface area contributed by atoms with Gasteiger partial charge in [-0.05, 0) is 40.9 Å². The number of hydrogen-bond donors (Lipinski definition) is 4. The van der Waals surface area contributed by atoms with E-state index < -0.39 is 7.12 Å². The molecule has 2 rings (SSSR count). The minimum Gasteiger partial charge on any atom is -0.427 e. The number of nitrogens with zero attached hydrogens (tertiary/aromatic N) is 4. The Bertz CT molecular complexity index is 717. The predicted octanol–water partition coefficient (Wildman–Crippen LogP) is 1.10. The molecule has 12 heteroatoms. The van der Waals surface area contributed by atoms with Gasteiger partial charge in [-0.3, -0.25) is 4.79 Å². The van der Waals surface area contributed by atoms with Crippen LogP contribution in [0.1, 0.15) is 43.1 Å². The summed E-state index contributed by atoms with van der Waals surface area (Å²) in [7, 11) is -1.29. The van der Waals surface area contributed by atoms with Gasteiger partial charge in [0.2, 0.25) is 5.91 Å². The highest BCUT2D eigenvalue weighted by molar-refractivity contribution is 6.40. The lowest BCUT2D eigenvalue weighted by Gasteiger charge is -2.11. The van der Waals surface area contributed by atoms with Gasteiger partial charge in [0.1, 0.15) is 0 Å². The Balaban J connectivity index is 0.00000392. The molecule has 154 valence electrons. The standard InChI is InChI=1S/C16H24BClN6O3.ClH/c18-13-6-4-12(5-7-13)11-20-15(25)8-10-24-16(21-22-23-24)14(19)3-1-2-9-17(26)27;/h4-7,14,26-27H,1-3,8-11,19H2,(H,20,25);1H. The van der Waals surface area contributed by atoms with Crippen molar-refractivity contribution in [3.63, 3.8) is 0 Å². The van der Waals surface area contributed by atoms with Crippen molar-refractivity contribution in [2.45, 2.75) is 51.1 Å². The molecule has 1 heterocycles. The Kier molecular flexibility index (Phi) is 11.0. The maximum Gasteiger partial charge on any atom is 0.451 e. The monoisotopic (exact) mass is 430 g/mol. The highest BCUT2D eigenvalue weighted by atomic mass is 35.5. The van der Waals surface area contributed by atoms with Crippen molar-refractivity contribution >= 4 is 37.0 Å². The van der Waals surface area contributed by atoms with Crippen LogP contribution in [0.5, 0.6) is 0 Å². The van der Waals surface area contributed by atoms with Crippen molar-refractivity contribution in [1.82, 2.24) is 25.5 Å². The van der Waals surface area contributed by atoms with Gasteiger partial charge in [-0.1, -0.05) is 36.6 Å².